The van der Waals surface area contributed by atoms with Crippen LogP contribution in [0.5, 0.6) is 0 Å². The zero-order chi connectivity index (χ0) is 41.1. The third-order valence-electron chi connectivity index (χ3n) is 13.4. The molecule has 302 valence electrons. The van der Waals surface area contributed by atoms with Crippen molar-refractivity contribution in [2.75, 3.05) is 9.80 Å². The van der Waals surface area contributed by atoms with E-state index in [-0.39, 0.29) is 10.8 Å². The van der Waals surface area contributed by atoms with E-state index >= 15 is 0 Å². The van der Waals surface area contributed by atoms with E-state index in [9.17, 15) is 0 Å². The fourth-order valence-electron chi connectivity index (χ4n) is 8.23. The summed E-state index contributed by atoms with van der Waals surface area (Å²) in [7, 11) is 0. The Balaban J connectivity index is 1.31. The second-order valence-electron chi connectivity index (χ2n) is 16.9. The maximum Gasteiger partial charge on any atom is 0.0462 e. The molecule has 0 saturated heterocycles. The molecule has 0 saturated carbocycles. The molecular formula is C56H68N2. The number of anilines is 6. The van der Waals surface area contributed by atoms with Gasteiger partial charge in [0.25, 0.3) is 0 Å². The van der Waals surface area contributed by atoms with Crippen LogP contribution in [0.2, 0.25) is 0 Å². The normalized spacial score (nSPS) is 11.8. The van der Waals surface area contributed by atoms with Crippen molar-refractivity contribution < 1.29 is 0 Å². The molecule has 0 aromatic heterocycles. The van der Waals surface area contributed by atoms with Crippen LogP contribution in [0.1, 0.15) is 129 Å². The molecule has 0 bridgehead atoms. The Morgan fingerprint density at radius 3 is 0.810 bits per heavy atom. The molecule has 6 aromatic carbocycles. The summed E-state index contributed by atoms with van der Waals surface area (Å²) in [6.07, 6.45) is 11.6. The lowest BCUT2D eigenvalue weighted by atomic mass is 9.78. The van der Waals surface area contributed by atoms with E-state index in [1.54, 1.807) is 0 Å². The van der Waals surface area contributed by atoms with Crippen molar-refractivity contribution in [3.8, 4) is 11.1 Å². The highest BCUT2D eigenvalue weighted by atomic mass is 15.1. The van der Waals surface area contributed by atoms with Crippen LogP contribution < -0.4 is 9.80 Å². The monoisotopic (exact) mass is 769 g/mol. The zero-order valence-electron chi connectivity index (χ0n) is 36.8. The maximum absolute atomic E-state index is 2.40. The van der Waals surface area contributed by atoms with Crippen molar-refractivity contribution in [3.05, 3.63) is 168 Å². The topological polar surface area (TPSA) is 6.48 Å². The van der Waals surface area contributed by atoms with Gasteiger partial charge >= 0.3 is 0 Å². The fourth-order valence-corrected chi connectivity index (χ4v) is 8.23. The number of nitrogens with zero attached hydrogens (tertiary/aromatic N) is 2. The molecule has 0 atom stereocenters. The Morgan fingerprint density at radius 1 is 0.328 bits per heavy atom. The highest BCUT2D eigenvalue weighted by Gasteiger charge is 2.24. The van der Waals surface area contributed by atoms with Crippen molar-refractivity contribution in [1.29, 1.82) is 0 Å². The van der Waals surface area contributed by atoms with Crippen molar-refractivity contribution in [3.63, 3.8) is 0 Å². The summed E-state index contributed by atoms with van der Waals surface area (Å²) in [6.45, 7) is 18.5. The van der Waals surface area contributed by atoms with Crippen LogP contribution in [0.4, 0.5) is 34.1 Å². The third-order valence-corrected chi connectivity index (χ3v) is 13.4. The molecular weight excluding hydrogens is 701 g/mol. The van der Waals surface area contributed by atoms with E-state index in [1.807, 2.05) is 0 Å². The summed E-state index contributed by atoms with van der Waals surface area (Å²) < 4.78 is 0. The van der Waals surface area contributed by atoms with Gasteiger partial charge in [-0.25, -0.2) is 0 Å². The summed E-state index contributed by atoms with van der Waals surface area (Å²) in [5.41, 5.74) is 15.4. The Morgan fingerprint density at radius 2 is 0.569 bits per heavy atom. The lowest BCUT2D eigenvalue weighted by Crippen LogP contribution is -2.19. The van der Waals surface area contributed by atoms with E-state index in [4.69, 9.17) is 0 Å². The van der Waals surface area contributed by atoms with Gasteiger partial charge in [0.05, 0.1) is 0 Å². The minimum absolute atomic E-state index is 0.188. The summed E-state index contributed by atoms with van der Waals surface area (Å²) in [6, 6.07) is 55.2. The number of aryl methyl sites for hydroxylation is 2. The number of benzene rings is 6. The molecule has 58 heavy (non-hydrogen) atoms. The van der Waals surface area contributed by atoms with Gasteiger partial charge in [-0.3, -0.25) is 0 Å². The van der Waals surface area contributed by atoms with E-state index in [2.05, 4.69) is 211 Å². The molecule has 0 amide bonds. The van der Waals surface area contributed by atoms with Crippen molar-refractivity contribution in [1.82, 2.24) is 0 Å². The van der Waals surface area contributed by atoms with Crippen LogP contribution in [0.15, 0.2) is 146 Å². The average molecular weight is 769 g/mol. The Hall–Kier alpha value is -5.08. The van der Waals surface area contributed by atoms with Crippen LogP contribution >= 0.6 is 0 Å². The molecule has 0 aliphatic rings. The van der Waals surface area contributed by atoms with Crippen LogP contribution in [0.25, 0.3) is 11.1 Å². The summed E-state index contributed by atoms with van der Waals surface area (Å²) in [5, 5.41) is 0. The average Bonchev–Trinajstić information content (AvgIpc) is 3.29. The Bertz CT molecular complexity index is 1960. The lowest BCUT2D eigenvalue weighted by molar-refractivity contribution is 0.439. The number of rotatable bonds is 19. The molecule has 6 aromatic rings. The van der Waals surface area contributed by atoms with Gasteiger partial charge in [0.1, 0.15) is 0 Å². The molecule has 0 radical (unpaired) electrons. The fraction of sp³-hybridized carbons (Fsp3) is 0.357. The van der Waals surface area contributed by atoms with Gasteiger partial charge in [-0.2, -0.15) is 0 Å². The highest BCUT2D eigenvalue weighted by molar-refractivity contribution is 5.81. The Labute approximate surface area is 352 Å². The van der Waals surface area contributed by atoms with Gasteiger partial charge in [-0.15, -0.1) is 0 Å². The molecule has 2 heteroatoms. The predicted octanol–water partition coefficient (Wildman–Crippen LogP) is 17.1. The quantitative estimate of drug-likeness (QED) is 0.0810. The first-order chi connectivity index (χ1) is 28.2. The van der Waals surface area contributed by atoms with Gasteiger partial charge in [-0.05, 0) is 168 Å². The predicted molar refractivity (Wildman–Crippen MR) is 254 cm³/mol. The third kappa shape index (κ3) is 9.61. The first-order valence-corrected chi connectivity index (χ1v) is 22.4. The zero-order valence-corrected chi connectivity index (χ0v) is 36.8. The van der Waals surface area contributed by atoms with Crippen LogP contribution in [0, 0.1) is 0 Å². The van der Waals surface area contributed by atoms with E-state index in [1.165, 1.54) is 81.8 Å². The standard InChI is InChI=1S/C56H68N2/c1-9-15-17-43-19-31-49(32-20-43)57(53-39-27-47(28-40-53)55(7,11-3)12-4)51-35-23-45(24-36-51)46-25-37-52(38-26-46)58(50-33-21-44(22-34-50)18-16-10-2)54-41-29-48(30-42-54)56(8,13-5)14-6/h19-42H,9-18H2,1-8H3. The van der Waals surface area contributed by atoms with Crippen LogP contribution in [-0.4, -0.2) is 0 Å². The van der Waals surface area contributed by atoms with Gasteiger partial charge in [0.2, 0.25) is 0 Å². The summed E-state index contributed by atoms with van der Waals surface area (Å²) in [5.74, 6) is 0. The molecule has 0 aliphatic heterocycles. The van der Waals surface area contributed by atoms with Gasteiger partial charge < -0.3 is 9.80 Å². The molecule has 6 rings (SSSR count). The summed E-state index contributed by atoms with van der Waals surface area (Å²) in [4.78, 5) is 4.80. The minimum atomic E-state index is 0.188. The van der Waals surface area contributed by atoms with E-state index in [0.29, 0.717) is 0 Å². The maximum atomic E-state index is 2.40. The highest BCUT2D eigenvalue weighted by Crippen LogP contribution is 2.41. The number of hydrogen-bond acceptors (Lipinski definition) is 2. The largest absolute Gasteiger partial charge is 0.311 e. The molecule has 0 N–H and O–H groups in total. The molecule has 0 aliphatic carbocycles. The Kier molecular flexibility index (Phi) is 14.4. The smallest absolute Gasteiger partial charge is 0.0462 e. The van der Waals surface area contributed by atoms with Crippen LogP contribution in [-0.2, 0) is 23.7 Å². The second kappa shape index (κ2) is 19.6. The second-order valence-corrected chi connectivity index (χ2v) is 16.9. The van der Waals surface area contributed by atoms with Crippen molar-refractivity contribution in [2.45, 2.75) is 130 Å². The van der Waals surface area contributed by atoms with Crippen molar-refractivity contribution in [2.24, 2.45) is 0 Å². The molecule has 0 heterocycles. The van der Waals surface area contributed by atoms with Gasteiger partial charge in [0.15, 0.2) is 0 Å². The molecule has 0 unspecified atom stereocenters. The first-order valence-electron chi connectivity index (χ1n) is 22.4. The number of unbranched alkanes of at least 4 members (excludes halogenated alkanes) is 2. The SMILES string of the molecule is CCCCc1ccc(N(c2ccc(-c3ccc(N(c4ccc(CCCC)cc4)c4ccc(C(C)(CC)CC)cc4)cc3)cc2)c2ccc(C(C)(CC)CC)cc2)cc1. The molecule has 0 spiro atoms. The van der Waals surface area contributed by atoms with E-state index < -0.39 is 0 Å². The molecule has 2 nitrogen and oxygen atoms in total. The lowest BCUT2D eigenvalue weighted by Gasteiger charge is -2.30. The minimum Gasteiger partial charge on any atom is -0.311 e. The van der Waals surface area contributed by atoms with Gasteiger partial charge in [0, 0.05) is 34.1 Å². The molecule has 0 fully saturated rings. The van der Waals surface area contributed by atoms with Crippen molar-refractivity contribution >= 4 is 34.1 Å². The first kappa shape index (κ1) is 42.5. The van der Waals surface area contributed by atoms with Crippen LogP contribution in [0.3, 0.4) is 0 Å². The van der Waals surface area contributed by atoms with E-state index in [0.717, 1.165) is 49.9 Å². The summed E-state index contributed by atoms with van der Waals surface area (Å²) >= 11 is 0. The van der Waals surface area contributed by atoms with Gasteiger partial charge in [-0.1, -0.05) is 141 Å². The number of hydrogen-bond donors (Lipinski definition) is 0.